The van der Waals surface area contributed by atoms with Gasteiger partial charge in [0.05, 0.1) is 5.52 Å². The number of alkyl halides is 2. The van der Waals surface area contributed by atoms with Gasteiger partial charge < -0.3 is 15.1 Å². The first kappa shape index (κ1) is 33.7. The number of piperidine rings is 1. The van der Waals surface area contributed by atoms with E-state index < -0.39 is 12.0 Å². The zero-order valence-corrected chi connectivity index (χ0v) is 28.9. The number of likely N-dealkylation sites (tertiary alicyclic amines) is 2. The lowest BCUT2D eigenvalue weighted by Crippen LogP contribution is -2.45. The van der Waals surface area contributed by atoms with Crippen LogP contribution in [-0.2, 0) is 16.1 Å². The number of ketones is 1. The van der Waals surface area contributed by atoms with Crippen LogP contribution in [0.2, 0.25) is 0 Å². The standard InChI is InChI=1S/C34H37BrF2N8O3/c1-19-5-6-28(35)40-32(19)41-33(48)27-12-23(16-43-9-7-34(36,37)8-10-43)17-44(27)29(47)18-45-31-20(2)11-24(25-14-38-22(4)39-15-25)13-26(31)30(42-45)21(3)46/h5-6,11,13-15,23,27H,7-10,12,16-18H2,1-4H3,(H,40,41,48). The molecule has 2 amide bonds. The van der Waals surface area contributed by atoms with Gasteiger partial charge in [-0.25, -0.2) is 23.7 Å². The summed E-state index contributed by atoms with van der Waals surface area (Å²) in [4.78, 5) is 57.2. The maximum absolute atomic E-state index is 14.1. The third-order valence-corrected chi connectivity index (χ3v) is 9.63. The summed E-state index contributed by atoms with van der Waals surface area (Å²) in [5.74, 6) is -2.69. The third kappa shape index (κ3) is 7.14. The summed E-state index contributed by atoms with van der Waals surface area (Å²) in [7, 11) is 0. The van der Waals surface area contributed by atoms with Crippen molar-refractivity contribution in [3.05, 3.63) is 63.9 Å². The second-order valence-corrected chi connectivity index (χ2v) is 13.7. The predicted molar refractivity (Wildman–Crippen MR) is 180 cm³/mol. The van der Waals surface area contributed by atoms with E-state index in [9.17, 15) is 23.2 Å². The maximum atomic E-state index is 14.1. The molecule has 2 aliphatic rings. The second kappa shape index (κ2) is 13.4. The molecule has 2 atom stereocenters. The fraction of sp³-hybridized carbons (Fsp3) is 0.441. The molecule has 2 fully saturated rings. The van der Waals surface area contributed by atoms with Crippen molar-refractivity contribution in [3.63, 3.8) is 0 Å². The summed E-state index contributed by atoms with van der Waals surface area (Å²) in [5.41, 5.74) is 4.06. The molecule has 0 saturated carbocycles. The van der Waals surface area contributed by atoms with Crippen molar-refractivity contribution in [2.45, 2.75) is 65.5 Å². The first-order valence-corrected chi connectivity index (χ1v) is 16.7. The third-order valence-electron chi connectivity index (χ3n) is 9.19. The quantitative estimate of drug-likeness (QED) is 0.190. The molecular formula is C34H37BrF2N8O3. The molecule has 6 rings (SSSR count). The predicted octanol–water partition coefficient (Wildman–Crippen LogP) is 5.37. The van der Waals surface area contributed by atoms with Gasteiger partial charge >= 0.3 is 0 Å². The van der Waals surface area contributed by atoms with Gasteiger partial charge in [0.1, 0.15) is 34.5 Å². The van der Waals surface area contributed by atoms with E-state index in [2.05, 4.69) is 41.3 Å². The number of Topliss-reactive ketones (excluding diaryl/α,β-unsaturated/α-hetero) is 1. The normalized spacial score (nSPS) is 19.5. The van der Waals surface area contributed by atoms with Crippen molar-refractivity contribution in [2.75, 3.05) is 31.5 Å². The molecular weight excluding hydrogens is 686 g/mol. The van der Waals surface area contributed by atoms with Gasteiger partial charge in [0.15, 0.2) is 5.78 Å². The van der Waals surface area contributed by atoms with Crippen LogP contribution < -0.4 is 5.32 Å². The van der Waals surface area contributed by atoms with Gasteiger partial charge in [0, 0.05) is 69.3 Å². The number of anilines is 1. The van der Waals surface area contributed by atoms with E-state index >= 15 is 0 Å². The van der Waals surface area contributed by atoms with E-state index in [1.165, 1.54) is 11.6 Å². The smallest absolute Gasteiger partial charge is 0.250 e. The zero-order chi connectivity index (χ0) is 34.3. The van der Waals surface area contributed by atoms with Gasteiger partial charge in [0.25, 0.3) is 5.92 Å². The Hall–Kier alpha value is -4.17. The van der Waals surface area contributed by atoms with Gasteiger partial charge in [-0.05, 0) is 83.9 Å². The number of fused-ring (bicyclic) bond motifs is 1. The van der Waals surface area contributed by atoms with Crippen LogP contribution in [0, 0.1) is 26.7 Å². The number of aryl methyl sites for hydroxylation is 3. The molecule has 0 spiro atoms. The monoisotopic (exact) mass is 722 g/mol. The minimum Gasteiger partial charge on any atom is -0.329 e. The van der Waals surface area contributed by atoms with Gasteiger partial charge in [-0.15, -0.1) is 0 Å². The molecule has 2 saturated heterocycles. The molecule has 252 valence electrons. The number of pyridine rings is 1. The minimum atomic E-state index is -2.66. The zero-order valence-electron chi connectivity index (χ0n) is 27.3. The van der Waals surface area contributed by atoms with Crippen molar-refractivity contribution in [1.82, 2.24) is 34.5 Å². The molecule has 1 aromatic carbocycles. The number of halogens is 3. The molecule has 0 radical (unpaired) electrons. The van der Waals surface area contributed by atoms with Crippen LogP contribution in [-0.4, -0.2) is 90.3 Å². The van der Waals surface area contributed by atoms with Gasteiger partial charge in [-0.1, -0.05) is 6.07 Å². The number of nitrogens with zero attached hydrogens (tertiary/aromatic N) is 7. The molecule has 4 aromatic rings. The highest BCUT2D eigenvalue weighted by molar-refractivity contribution is 9.10. The first-order valence-electron chi connectivity index (χ1n) is 15.9. The number of nitrogens with one attached hydrogen (secondary N) is 1. The molecule has 2 aliphatic heterocycles. The number of hydrogen-bond donors (Lipinski definition) is 1. The summed E-state index contributed by atoms with van der Waals surface area (Å²) < 4.78 is 29.8. The fourth-order valence-electron chi connectivity index (χ4n) is 6.67. The topological polar surface area (TPSA) is 126 Å². The molecule has 48 heavy (non-hydrogen) atoms. The Bertz CT molecular complexity index is 1890. The molecule has 1 N–H and O–H groups in total. The highest BCUT2D eigenvalue weighted by Gasteiger charge is 2.42. The molecule has 2 unspecified atom stereocenters. The molecule has 14 heteroatoms. The van der Waals surface area contributed by atoms with E-state index in [1.807, 2.05) is 36.9 Å². The van der Waals surface area contributed by atoms with E-state index in [1.54, 1.807) is 30.3 Å². The van der Waals surface area contributed by atoms with E-state index in [0.717, 1.165) is 22.3 Å². The van der Waals surface area contributed by atoms with Gasteiger partial charge in [0.2, 0.25) is 11.8 Å². The lowest BCUT2D eigenvalue weighted by atomic mass is 10.0. The van der Waals surface area contributed by atoms with Crippen LogP contribution >= 0.6 is 15.9 Å². The van der Waals surface area contributed by atoms with Crippen molar-refractivity contribution < 1.29 is 23.2 Å². The lowest BCUT2D eigenvalue weighted by molar-refractivity contribution is -0.137. The second-order valence-electron chi connectivity index (χ2n) is 12.9. The summed E-state index contributed by atoms with van der Waals surface area (Å²) in [6.07, 6.45) is 3.41. The molecule has 0 bridgehead atoms. The minimum absolute atomic E-state index is 0.101. The number of rotatable bonds is 8. The van der Waals surface area contributed by atoms with E-state index in [0.29, 0.717) is 40.1 Å². The highest BCUT2D eigenvalue weighted by Crippen LogP contribution is 2.33. The Balaban J connectivity index is 1.29. The summed E-state index contributed by atoms with van der Waals surface area (Å²) in [5, 5.41) is 8.09. The number of amides is 2. The molecule has 5 heterocycles. The number of hydrogen-bond acceptors (Lipinski definition) is 8. The van der Waals surface area contributed by atoms with Crippen molar-refractivity contribution >= 4 is 50.2 Å². The average Bonchev–Trinajstić information content (AvgIpc) is 3.63. The van der Waals surface area contributed by atoms with Crippen LogP contribution in [0.5, 0.6) is 0 Å². The Kier molecular flexibility index (Phi) is 9.40. The van der Waals surface area contributed by atoms with Crippen molar-refractivity contribution in [1.29, 1.82) is 0 Å². The summed E-state index contributed by atoms with van der Waals surface area (Å²) in [6, 6.07) is 6.60. The number of carbonyl (C=O) groups is 3. The number of carbonyl (C=O) groups excluding carboxylic acids is 3. The Morgan fingerprint density at radius 2 is 1.73 bits per heavy atom. The Morgan fingerprint density at radius 1 is 1.02 bits per heavy atom. The Labute approximate surface area is 285 Å². The molecule has 11 nitrogen and oxygen atoms in total. The highest BCUT2D eigenvalue weighted by atomic mass is 79.9. The lowest BCUT2D eigenvalue weighted by Gasteiger charge is -2.33. The SMILES string of the molecule is CC(=O)c1nn(CC(=O)N2CC(CN3CCC(F)(F)CC3)CC2C(=O)Nc2nc(Br)ccc2C)c2c(C)cc(-c3cnc(C)nc3)cc12. The van der Waals surface area contributed by atoms with Crippen molar-refractivity contribution in [2.24, 2.45) is 5.92 Å². The van der Waals surface area contributed by atoms with Gasteiger partial charge in [-0.3, -0.25) is 19.1 Å². The van der Waals surface area contributed by atoms with Crippen LogP contribution in [0.3, 0.4) is 0 Å². The Morgan fingerprint density at radius 3 is 2.42 bits per heavy atom. The first-order chi connectivity index (χ1) is 22.8. The number of aromatic nitrogens is 5. The van der Waals surface area contributed by atoms with Crippen LogP contribution in [0.25, 0.3) is 22.0 Å². The van der Waals surface area contributed by atoms with Gasteiger partial charge in [-0.2, -0.15) is 5.10 Å². The summed E-state index contributed by atoms with van der Waals surface area (Å²) in [6.45, 7) is 8.07. The maximum Gasteiger partial charge on any atom is 0.250 e. The summed E-state index contributed by atoms with van der Waals surface area (Å²) >= 11 is 3.35. The largest absolute Gasteiger partial charge is 0.329 e. The molecule has 3 aromatic heterocycles. The van der Waals surface area contributed by atoms with Crippen LogP contribution in [0.4, 0.5) is 14.6 Å². The van der Waals surface area contributed by atoms with Crippen LogP contribution in [0.15, 0.2) is 41.3 Å². The van der Waals surface area contributed by atoms with E-state index in [-0.39, 0.29) is 68.2 Å². The molecule has 0 aliphatic carbocycles. The average molecular weight is 724 g/mol. The fourth-order valence-corrected chi connectivity index (χ4v) is 6.98. The van der Waals surface area contributed by atoms with Crippen molar-refractivity contribution in [3.8, 4) is 11.1 Å². The van der Waals surface area contributed by atoms with E-state index in [4.69, 9.17) is 0 Å². The number of benzene rings is 1. The van der Waals surface area contributed by atoms with Crippen LogP contribution in [0.1, 0.15) is 53.6 Å².